The summed E-state index contributed by atoms with van der Waals surface area (Å²) in [6.45, 7) is 0.577. The van der Waals surface area contributed by atoms with Crippen LogP contribution in [0.1, 0.15) is 6.42 Å². The topological polar surface area (TPSA) is 84.2 Å². The summed E-state index contributed by atoms with van der Waals surface area (Å²) in [5.74, 6) is 0.374. The van der Waals surface area contributed by atoms with E-state index in [0.29, 0.717) is 23.4 Å². The molecule has 1 aliphatic rings. The molecule has 0 saturated carbocycles. The van der Waals surface area contributed by atoms with Crippen LogP contribution in [-0.4, -0.2) is 38.6 Å². The minimum Gasteiger partial charge on any atom is -0.423 e. The molecule has 0 spiro atoms. The van der Waals surface area contributed by atoms with Crippen molar-refractivity contribution in [2.75, 3.05) is 16.6 Å². The summed E-state index contributed by atoms with van der Waals surface area (Å²) in [6.07, 6.45) is 0.730. The van der Waals surface area contributed by atoms with Crippen molar-refractivity contribution in [1.29, 1.82) is 0 Å². The Morgan fingerprint density at radius 1 is 1.25 bits per heavy atom. The van der Waals surface area contributed by atoms with E-state index in [-0.39, 0.29) is 0 Å². The van der Waals surface area contributed by atoms with Gasteiger partial charge in [0, 0.05) is 6.54 Å². The SMILES string of the molecule is OB(O)c1cccc(N2CCCS2(O)O)c1. The second-order valence-corrected chi connectivity index (χ2v) is 5.87. The molecule has 0 bridgehead atoms. The van der Waals surface area contributed by atoms with Gasteiger partial charge in [-0.1, -0.05) is 12.1 Å². The van der Waals surface area contributed by atoms with E-state index >= 15 is 0 Å². The van der Waals surface area contributed by atoms with E-state index < -0.39 is 17.9 Å². The quantitative estimate of drug-likeness (QED) is 0.559. The van der Waals surface area contributed by atoms with Crippen molar-refractivity contribution in [3.8, 4) is 0 Å². The Morgan fingerprint density at radius 3 is 2.56 bits per heavy atom. The fourth-order valence-electron chi connectivity index (χ4n) is 1.80. The van der Waals surface area contributed by atoms with E-state index in [0.717, 1.165) is 6.42 Å². The summed E-state index contributed by atoms with van der Waals surface area (Å²) in [4.78, 5) is 0. The monoisotopic (exact) mass is 243 g/mol. The van der Waals surface area contributed by atoms with Gasteiger partial charge < -0.3 is 10.0 Å². The van der Waals surface area contributed by atoms with E-state index in [1.807, 2.05) is 0 Å². The predicted octanol–water partition coefficient (Wildman–Crippen LogP) is 0.242. The molecule has 0 radical (unpaired) electrons. The Hall–Kier alpha value is -0.725. The zero-order valence-corrected chi connectivity index (χ0v) is 9.47. The average Bonchev–Trinajstić information content (AvgIpc) is 2.58. The van der Waals surface area contributed by atoms with Gasteiger partial charge in [0.05, 0.1) is 11.4 Å². The van der Waals surface area contributed by atoms with Crippen LogP contribution in [0.15, 0.2) is 24.3 Å². The third kappa shape index (κ3) is 2.18. The second kappa shape index (κ2) is 4.27. The average molecular weight is 243 g/mol. The van der Waals surface area contributed by atoms with Crippen LogP contribution in [0.25, 0.3) is 0 Å². The van der Waals surface area contributed by atoms with Gasteiger partial charge in [-0.2, -0.15) is 0 Å². The second-order valence-electron chi connectivity index (χ2n) is 3.76. The van der Waals surface area contributed by atoms with Crippen molar-refractivity contribution >= 4 is 29.0 Å². The highest BCUT2D eigenvalue weighted by Crippen LogP contribution is 2.50. The lowest BCUT2D eigenvalue weighted by Crippen LogP contribution is -2.31. The fraction of sp³-hybridized carbons (Fsp3) is 0.333. The summed E-state index contributed by atoms with van der Waals surface area (Å²) in [5, 5.41) is 18.1. The highest BCUT2D eigenvalue weighted by atomic mass is 32.3. The van der Waals surface area contributed by atoms with Crippen molar-refractivity contribution < 1.29 is 19.2 Å². The molecule has 5 nitrogen and oxygen atoms in total. The molecule has 1 fully saturated rings. The molecule has 1 aromatic rings. The van der Waals surface area contributed by atoms with E-state index in [1.54, 1.807) is 24.3 Å². The summed E-state index contributed by atoms with van der Waals surface area (Å²) < 4.78 is 21.1. The Morgan fingerprint density at radius 2 is 2.00 bits per heavy atom. The molecule has 1 heterocycles. The van der Waals surface area contributed by atoms with Crippen LogP contribution in [0.2, 0.25) is 0 Å². The lowest BCUT2D eigenvalue weighted by Gasteiger charge is -2.38. The lowest BCUT2D eigenvalue weighted by atomic mass is 9.80. The molecule has 1 aliphatic heterocycles. The summed E-state index contributed by atoms with van der Waals surface area (Å²) in [7, 11) is -4.25. The molecular formula is C9H14BNO4S. The van der Waals surface area contributed by atoms with Crippen LogP contribution < -0.4 is 9.77 Å². The molecule has 0 atom stereocenters. The van der Waals surface area contributed by atoms with Gasteiger partial charge >= 0.3 is 7.12 Å². The van der Waals surface area contributed by atoms with Gasteiger partial charge in [0.1, 0.15) is 0 Å². The Balaban J connectivity index is 2.30. The first kappa shape index (κ1) is 11.8. The standard InChI is InChI=1S/C9H14BNO4S/c12-10(13)8-3-1-4-9(7-8)11-5-2-6-16(11,14)15/h1,3-4,7,12-15H,2,5-6H2. The van der Waals surface area contributed by atoms with Crippen molar-refractivity contribution in [2.45, 2.75) is 6.42 Å². The number of hydrogen-bond acceptors (Lipinski definition) is 5. The zero-order chi connectivity index (χ0) is 11.8. The van der Waals surface area contributed by atoms with Crippen LogP contribution in [0.4, 0.5) is 5.69 Å². The van der Waals surface area contributed by atoms with Crippen LogP contribution >= 0.6 is 10.8 Å². The maximum Gasteiger partial charge on any atom is 0.488 e. The number of nitrogens with zero attached hydrogens (tertiary/aromatic N) is 1. The summed E-state index contributed by atoms with van der Waals surface area (Å²) in [6, 6.07) is 6.53. The number of anilines is 1. The van der Waals surface area contributed by atoms with Crippen molar-refractivity contribution in [2.24, 2.45) is 0 Å². The number of benzene rings is 1. The van der Waals surface area contributed by atoms with Crippen LogP contribution in [0, 0.1) is 0 Å². The normalized spacial score (nSPS) is 20.9. The largest absolute Gasteiger partial charge is 0.488 e. The summed E-state index contributed by atoms with van der Waals surface area (Å²) in [5.41, 5.74) is 0.961. The molecule has 0 aromatic heterocycles. The maximum atomic E-state index is 9.78. The number of rotatable bonds is 2. The van der Waals surface area contributed by atoms with Crippen LogP contribution in [-0.2, 0) is 0 Å². The zero-order valence-electron chi connectivity index (χ0n) is 8.65. The third-order valence-electron chi connectivity index (χ3n) is 2.59. The van der Waals surface area contributed by atoms with Gasteiger partial charge in [0.25, 0.3) is 0 Å². The molecule has 7 heteroatoms. The fourth-order valence-corrected chi connectivity index (χ4v) is 3.41. The van der Waals surface area contributed by atoms with Crippen LogP contribution in [0.3, 0.4) is 0 Å². The summed E-state index contributed by atoms with van der Waals surface area (Å²) >= 11 is 0. The Kier molecular flexibility index (Phi) is 3.14. The van der Waals surface area contributed by atoms with Gasteiger partial charge in [-0.25, -0.2) is 0 Å². The molecule has 88 valence electrons. The minimum absolute atomic E-state index is 0.347. The maximum absolute atomic E-state index is 9.78. The van der Waals surface area contributed by atoms with Crippen molar-refractivity contribution in [3.05, 3.63) is 24.3 Å². The highest BCUT2D eigenvalue weighted by molar-refractivity contribution is 8.25. The first-order valence-electron chi connectivity index (χ1n) is 5.00. The van der Waals surface area contributed by atoms with Crippen molar-refractivity contribution in [3.63, 3.8) is 0 Å². The van der Waals surface area contributed by atoms with E-state index in [9.17, 15) is 9.11 Å². The van der Waals surface area contributed by atoms with Gasteiger partial charge in [-0.15, -0.1) is 10.8 Å². The molecule has 0 amide bonds. The Labute approximate surface area is 96.0 Å². The van der Waals surface area contributed by atoms with E-state index in [4.69, 9.17) is 10.0 Å². The first-order valence-corrected chi connectivity index (χ1v) is 6.68. The predicted molar refractivity (Wildman–Crippen MR) is 65.9 cm³/mol. The smallest absolute Gasteiger partial charge is 0.423 e. The van der Waals surface area contributed by atoms with Crippen LogP contribution in [0.5, 0.6) is 0 Å². The van der Waals surface area contributed by atoms with Gasteiger partial charge in [-0.05, 0) is 24.0 Å². The third-order valence-corrected chi connectivity index (χ3v) is 4.52. The molecule has 16 heavy (non-hydrogen) atoms. The first-order chi connectivity index (χ1) is 7.50. The Bertz CT molecular complexity index is 388. The van der Waals surface area contributed by atoms with Gasteiger partial charge in [-0.3, -0.25) is 13.4 Å². The molecule has 0 unspecified atom stereocenters. The van der Waals surface area contributed by atoms with Crippen molar-refractivity contribution in [1.82, 2.24) is 0 Å². The van der Waals surface area contributed by atoms with E-state index in [2.05, 4.69) is 0 Å². The number of hydrogen-bond donors (Lipinski definition) is 4. The van der Waals surface area contributed by atoms with Gasteiger partial charge in [0.2, 0.25) is 0 Å². The minimum atomic E-state index is -2.71. The lowest BCUT2D eigenvalue weighted by molar-refractivity contribution is 0.425. The van der Waals surface area contributed by atoms with E-state index in [1.165, 1.54) is 4.31 Å². The molecule has 1 saturated heterocycles. The molecule has 1 aromatic carbocycles. The molecule has 4 N–H and O–H groups in total. The molecule has 2 rings (SSSR count). The highest BCUT2D eigenvalue weighted by Gasteiger charge is 2.29. The van der Waals surface area contributed by atoms with Gasteiger partial charge in [0.15, 0.2) is 0 Å². The molecular weight excluding hydrogens is 229 g/mol. The molecule has 0 aliphatic carbocycles.